The summed E-state index contributed by atoms with van der Waals surface area (Å²) in [6.07, 6.45) is 8.38. The van der Waals surface area contributed by atoms with Gasteiger partial charge in [-0.15, -0.1) is 0 Å². The number of carbonyl (C=O) groups excluding carboxylic acids is 2. The maximum absolute atomic E-state index is 13.7. The summed E-state index contributed by atoms with van der Waals surface area (Å²) in [6, 6.07) is 2.59. The highest BCUT2D eigenvalue weighted by Gasteiger charge is 2.71. The average molecular weight is 553 g/mol. The first-order valence-corrected chi connectivity index (χ1v) is 15.8. The third kappa shape index (κ3) is 4.29. The number of nitriles is 1. The lowest BCUT2D eigenvalue weighted by atomic mass is 9.33. The Hall–Kier alpha value is -1.83. The van der Waals surface area contributed by atoms with Crippen molar-refractivity contribution in [3.05, 3.63) is 12.2 Å². The van der Waals surface area contributed by atoms with E-state index in [2.05, 4.69) is 59.5 Å². The van der Waals surface area contributed by atoms with Crippen LogP contribution < -0.4 is 5.32 Å². The number of allylic oxidation sites excluding steroid dienone is 1. The second-order valence-corrected chi connectivity index (χ2v) is 16.6. The predicted molar refractivity (Wildman–Crippen MR) is 160 cm³/mol. The molecule has 1 N–H and O–H groups in total. The van der Waals surface area contributed by atoms with E-state index in [1.165, 1.54) is 5.57 Å². The SMILES string of the molecule is C=C(C)[C@@H]1CC[C@]2(C(=O)OC)CC[C@]3(C)[C@H](CC[C@@H]4[C@@](C)(CC#N)[C@H](C(C)(C)C(=O)NC(C)(C)C)CC[C@]43C)[C@@H]12. The molecule has 0 aliphatic heterocycles. The molecule has 0 aromatic carbocycles. The average Bonchev–Trinajstić information content (AvgIpc) is 3.24. The number of ether oxygens (including phenoxy) is 1. The molecule has 0 unspecified atom stereocenters. The molecule has 0 aromatic heterocycles. The van der Waals surface area contributed by atoms with E-state index < -0.39 is 10.8 Å². The number of nitrogens with zero attached hydrogens (tertiary/aromatic N) is 1. The number of amides is 1. The Labute approximate surface area is 244 Å². The lowest BCUT2D eigenvalue weighted by Gasteiger charge is -2.71. The van der Waals surface area contributed by atoms with Gasteiger partial charge in [-0.2, -0.15) is 5.26 Å². The van der Waals surface area contributed by atoms with Gasteiger partial charge in [-0.25, -0.2) is 0 Å². The molecule has 0 bridgehead atoms. The number of rotatable bonds is 5. The quantitative estimate of drug-likeness (QED) is 0.278. The highest BCUT2D eigenvalue weighted by atomic mass is 16.5. The molecule has 5 nitrogen and oxygen atoms in total. The van der Waals surface area contributed by atoms with Crippen LogP contribution in [0.4, 0.5) is 0 Å². The summed E-state index contributed by atoms with van der Waals surface area (Å²) in [6.45, 7) is 24.2. The first-order chi connectivity index (χ1) is 18.4. The van der Waals surface area contributed by atoms with Crippen LogP contribution in [0, 0.1) is 68.0 Å². The van der Waals surface area contributed by atoms with Crippen molar-refractivity contribution in [2.75, 3.05) is 7.11 Å². The van der Waals surface area contributed by atoms with Crippen LogP contribution >= 0.6 is 0 Å². The topological polar surface area (TPSA) is 79.2 Å². The molecule has 9 atom stereocenters. The van der Waals surface area contributed by atoms with Gasteiger partial charge in [0.25, 0.3) is 0 Å². The normalized spacial score (nSPS) is 43.0. The third-order valence-electron chi connectivity index (χ3n) is 13.3. The lowest BCUT2D eigenvalue weighted by Crippen LogP contribution is -2.66. The van der Waals surface area contributed by atoms with Crippen molar-refractivity contribution in [1.29, 1.82) is 5.26 Å². The molecular formula is C35H56N2O3. The number of nitrogens with one attached hydrogen (secondary N) is 1. The van der Waals surface area contributed by atoms with Crippen LogP contribution in [0.1, 0.15) is 120 Å². The summed E-state index contributed by atoms with van der Waals surface area (Å²) in [7, 11) is 1.56. The molecule has 0 radical (unpaired) electrons. The Kier molecular flexibility index (Phi) is 7.68. The molecular weight excluding hydrogens is 496 g/mol. The zero-order chi connectivity index (χ0) is 30.1. The van der Waals surface area contributed by atoms with Gasteiger partial charge in [0.1, 0.15) is 0 Å². The Morgan fingerprint density at radius 3 is 2.17 bits per heavy atom. The van der Waals surface area contributed by atoms with E-state index in [0.29, 0.717) is 24.2 Å². The van der Waals surface area contributed by atoms with Crippen LogP contribution in [-0.4, -0.2) is 24.5 Å². The Morgan fingerprint density at radius 1 is 0.975 bits per heavy atom. The van der Waals surface area contributed by atoms with E-state index in [1.807, 2.05) is 20.8 Å². The summed E-state index contributed by atoms with van der Waals surface area (Å²) >= 11 is 0. The number of hydrogen-bond donors (Lipinski definition) is 1. The van der Waals surface area contributed by atoms with Gasteiger partial charge in [-0.05, 0) is 125 Å². The van der Waals surface area contributed by atoms with Gasteiger partial charge >= 0.3 is 5.97 Å². The van der Waals surface area contributed by atoms with E-state index in [1.54, 1.807) is 7.11 Å². The Bertz CT molecular complexity index is 1100. The second-order valence-electron chi connectivity index (χ2n) is 16.6. The second kappa shape index (κ2) is 9.88. The minimum absolute atomic E-state index is 0.0137. The number of hydrogen-bond acceptors (Lipinski definition) is 4. The summed E-state index contributed by atoms with van der Waals surface area (Å²) in [5, 5.41) is 13.5. The van der Waals surface area contributed by atoms with Crippen molar-refractivity contribution in [1.82, 2.24) is 5.32 Å². The molecule has 0 heterocycles. The minimum Gasteiger partial charge on any atom is -0.469 e. The van der Waals surface area contributed by atoms with Gasteiger partial charge in [-0.1, -0.05) is 46.8 Å². The Morgan fingerprint density at radius 2 is 1.62 bits per heavy atom. The highest BCUT2D eigenvalue weighted by molar-refractivity contribution is 5.83. The fraction of sp³-hybridized carbons (Fsp3) is 0.857. The van der Waals surface area contributed by atoms with Gasteiger partial charge in [0.2, 0.25) is 5.91 Å². The van der Waals surface area contributed by atoms with Gasteiger partial charge < -0.3 is 10.1 Å². The number of esters is 1. The molecule has 4 aliphatic carbocycles. The lowest BCUT2D eigenvalue weighted by molar-refractivity contribution is -0.229. The van der Waals surface area contributed by atoms with E-state index in [4.69, 9.17) is 4.74 Å². The molecule has 1 amide bonds. The summed E-state index contributed by atoms with van der Waals surface area (Å²) in [5.74, 6) is 1.58. The highest BCUT2D eigenvalue weighted by Crippen LogP contribution is 2.76. The first-order valence-electron chi connectivity index (χ1n) is 15.8. The molecule has 4 aliphatic rings. The zero-order valence-electron chi connectivity index (χ0n) is 27.1. The standard InChI is InChI=1S/C35H56N2O3/c1-22(2)23-14-17-35(29(39)40-11)19-18-33(9)24(27(23)35)12-13-26-32(8,20-21-36)25(15-16-34(26,33)10)31(6,7)28(38)37-30(3,4)5/h23-27H,1,12-20H2,2-11H3,(H,37,38)/t23-,24+,25-,26+,27+,32-,33+,34+,35-/m0/s1. The predicted octanol–water partition coefficient (Wildman–Crippen LogP) is 7.85. The molecule has 4 saturated carbocycles. The molecule has 5 heteroatoms. The molecule has 40 heavy (non-hydrogen) atoms. The van der Waals surface area contributed by atoms with Crippen molar-refractivity contribution in [3.63, 3.8) is 0 Å². The molecule has 4 rings (SSSR count). The number of methoxy groups -OCH3 is 1. The van der Waals surface area contributed by atoms with Gasteiger partial charge in [0.05, 0.1) is 18.6 Å². The minimum atomic E-state index is -0.582. The number of carbonyl (C=O) groups is 2. The van der Waals surface area contributed by atoms with Crippen molar-refractivity contribution in [2.45, 2.75) is 126 Å². The van der Waals surface area contributed by atoms with Crippen molar-refractivity contribution < 1.29 is 14.3 Å². The van der Waals surface area contributed by atoms with E-state index in [9.17, 15) is 14.9 Å². The van der Waals surface area contributed by atoms with E-state index >= 15 is 0 Å². The summed E-state index contributed by atoms with van der Waals surface area (Å²) in [4.78, 5) is 27.2. The van der Waals surface area contributed by atoms with Crippen LogP contribution in [0.15, 0.2) is 12.2 Å². The van der Waals surface area contributed by atoms with Gasteiger partial charge in [0.15, 0.2) is 0 Å². The van der Waals surface area contributed by atoms with E-state index in [-0.39, 0.29) is 45.5 Å². The van der Waals surface area contributed by atoms with Crippen LogP contribution in [0.3, 0.4) is 0 Å². The van der Waals surface area contributed by atoms with Crippen molar-refractivity contribution in [3.8, 4) is 6.07 Å². The van der Waals surface area contributed by atoms with E-state index in [0.717, 1.165) is 51.4 Å². The molecule has 224 valence electrons. The molecule has 0 spiro atoms. The first kappa shape index (κ1) is 31.1. The maximum Gasteiger partial charge on any atom is 0.312 e. The largest absolute Gasteiger partial charge is 0.469 e. The van der Waals surface area contributed by atoms with Crippen LogP contribution in [-0.2, 0) is 14.3 Å². The Balaban J connectivity index is 1.77. The fourth-order valence-electron chi connectivity index (χ4n) is 11.3. The van der Waals surface area contributed by atoms with Crippen LogP contribution in [0.5, 0.6) is 0 Å². The van der Waals surface area contributed by atoms with Gasteiger partial charge in [-0.3, -0.25) is 9.59 Å². The number of fused-ring (bicyclic) bond motifs is 5. The van der Waals surface area contributed by atoms with Gasteiger partial charge in [0, 0.05) is 17.4 Å². The third-order valence-corrected chi connectivity index (χ3v) is 13.3. The smallest absolute Gasteiger partial charge is 0.312 e. The van der Waals surface area contributed by atoms with Crippen molar-refractivity contribution in [2.24, 2.45) is 56.7 Å². The zero-order valence-corrected chi connectivity index (χ0v) is 27.1. The molecule has 4 fully saturated rings. The fourth-order valence-corrected chi connectivity index (χ4v) is 11.3. The molecule has 0 aromatic rings. The van der Waals surface area contributed by atoms with Crippen LogP contribution in [0.25, 0.3) is 0 Å². The monoisotopic (exact) mass is 552 g/mol. The maximum atomic E-state index is 13.7. The van der Waals surface area contributed by atoms with Crippen molar-refractivity contribution >= 4 is 11.9 Å². The molecule has 0 saturated heterocycles. The summed E-state index contributed by atoms with van der Waals surface area (Å²) in [5.41, 5.74) is -0.266. The van der Waals surface area contributed by atoms with Crippen LogP contribution in [0.2, 0.25) is 0 Å². The summed E-state index contributed by atoms with van der Waals surface area (Å²) < 4.78 is 5.50.